The summed E-state index contributed by atoms with van der Waals surface area (Å²) in [6, 6.07) is 11.5. The van der Waals surface area contributed by atoms with Crippen molar-refractivity contribution < 1.29 is 13.2 Å². The second kappa shape index (κ2) is 8.90. The summed E-state index contributed by atoms with van der Waals surface area (Å²) in [6.07, 6.45) is 1.05. The molecule has 0 aliphatic carbocycles. The third-order valence-electron chi connectivity index (χ3n) is 5.95. The predicted molar refractivity (Wildman–Crippen MR) is 121 cm³/mol. The highest BCUT2D eigenvalue weighted by Crippen LogP contribution is 2.30. The first-order chi connectivity index (χ1) is 14.1. The molecule has 0 bridgehead atoms. The van der Waals surface area contributed by atoms with Gasteiger partial charge in [0.05, 0.1) is 4.90 Å². The number of nitrogens with zero attached hydrogens (tertiary/aromatic N) is 1. The van der Waals surface area contributed by atoms with E-state index in [0.29, 0.717) is 36.7 Å². The number of anilines is 1. The van der Waals surface area contributed by atoms with Crippen LogP contribution in [0.25, 0.3) is 0 Å². The van der Waals surface area contributed by atoms with E-state index in [4.69, 9.17) is 0 Å². The Kier molecular flexibility index (Phi) is 6.68. The van der Waals surface area contributed by atoms with Crippen molar-refractivity contribution in [1.82, 2.24) is 4.31 Å². The number of sulfonamides is 1. The smallest absolute Gasteiger partial charge is 0.243 e. The van der Waals surface area contributed by atoms with Gasteiger partial charge >= 0.3 is 0 Å². The van der Waals surface area contributed by atoms with Gasteiger partial charge in [-0.25, -0.2) is 8.42 Å². The Balaban J connectivity index is 1.69. The fourth-order valence-corrected chi connectivity index (χ4v) is 5.83. The van der Waals surface area contributed by atoms with E-state index >= 15 is 0 Å². The highest BCUT2D eigenvalue weighted by molar-refractivity contribution is 7.89. The van der Waals surface area contributed by atoms with E-state index in [2.05, 4.69) is 19.2 Å². The topological polar surface area (TPSA) is 66.5 Å². The molecule has 2 aromatic carbocycles. The van der Waals surface area contributed by atoms with Gasteiger partial charge in [0.15, 0.2) is 0 Å². The van der Waals surface area contributed by atoms with Crippen LogP contribution >= 0.6 is 0 Å². The van der Waals surface area contributed by atoms with Crippen LogP contribution in [-0.4, -0.2) is 31.7 Å². The van der Waals surface area contributed by atoms with Gasteiger partial charge in [-0.2, -0.15) is 4.31 Å². The van der Waals surface area contributed by atoms with Gasteiger partial charge in [0.25, 0.3) is 0 Å². The number of rotatable bonds is 5. The third kappa shape index (κ3) is 4.60. The largest absolute Gasteiger partial charge is 0.325 e. The van der Waals surface area contributed by atoms with Gasteiger partial charge < -0.3 is 5.32 Å². The van der Waals surface area contributed by atoms with Crippen LogP contribution in [0.15, 0.2) is 41.3 Å². The molecule has 1 aliphatic heterocycles. The maximum absolute atomic E-state index is 13.1. The molecular weight excluding hydrogens is 396 g/mol. The molecule has 0 saturated carbocycles. The van der Waals surface area contributed by atoms with Gasteiger partial charge in [0, 0.05) is 24.7 Å². The molecule has 30 heavy (non-hydrogen) atoms. The maximum Gasteiger partial charge on any atom is 0.243 e. The number of carbonyl (C=O) groups is 1. The monoisotopic (exact) mass is 428 g/mol. The second-order valence-electron chi connectivity index (χ2n) is 8.63. The van der Waals surface area contributed by atoms with Crippen molar-refractivity contribution >= 4 is 21.6 Å². The molecule has 0 radical (unpaired) electrons. The highest BCUT2D eigenvalue weighted by atomic mass is 32.2. The van der Waals surface area contributed by atoms with Crippen molar-refractivity contribution in [3.05, 3.63) is 58.7 Å². The van der Waals surface area contributed by atoms with Crippen molar-refractivity contribution in [1.29, 1.82) is 0 Å². The second-order valence-corrected chi connectivity index (χ2v) is 10.5. The molecule has 1 aliphatic rings. The van der Waals surface area contributed by atoms with Crippen LogP contribution in [0.2, 0.25) is 0 Å². The molecular formula is C24H32N2O3S. The fraction of sp³-hybridized carbons (Fsp3) is 0.458. The number of para-hydroxylation sites is 1. The van der Waals surface area contributed by atoms with E-state index in [0.717, 1.165) is 27.9 Å². The zero-order chi connectivity index (χ0) is 22.1. The first-order valence-electron chi connectivity index (χ1n) is 10.6. The van der Waals surface area contributed by atoms with Crippen LogP contribution in [0.5, 0.6) is 0 Å². The summed E-state index contributed by atoms with van der Waals surface area (Å²) in [4.78, 5) is 13.3. The average molecular weight is 429 g/mol. The van der Waals surface area contributed by atoms with E-state index < -0.39 is 10.0 Å². The Labute approximate surface area is 180 Å². The minimum atomic E-state index is -3.54. The van der Waals surface area contributed by atoms with Crippen LogP contribution < -0.4 is 5.32 Å². The summed E-state index contributed by atoms with van der Waals surface area (Å²) in [5.41, 5.74) is 4.86. The van der Waals surface area contributed by atoms with Crippen molar-refractivity contribution in [2.45, 2.75) is 58.3 Å². The molecule has 0 atom stereocenters. The van der Waals surface area contributed by atoms with Gasteiger partial charge in [0.1, 0.15) is 0 Å². The lowest BCUT2D eigenvalue weighted by Gasteiger charge is -2.31. The molecule has 0 aromatic heterocycles. The normalized spacial score (nSPS) is 16.1. The van der Waals surface area contributed by atoms with Crippen LogP contribution in [-0.2, 0) is 14.8 Å². The van der Waals surface area contributed by atoms with Crippen molar-refractivity contribution in [3.8, 4) is 0 Å². The third-order valence-corrected chi connectivity index (χ3v) is 8.01. The molecule has 1 amide bonds. The minimum absolute atomic E-state index is 0.0187. The Morgan fingerprint density at radius 1 is 1.03 bits per heavy atom. The Morgan fingerprint density at radius 2 is 1.70 bits per heavy atom. The SMILES string of the molecule is Cc1ccc(S(=O)(=O)N2CCC(C(=O)Nc3c(C)cccc3C(C)C)CC2)c(C)c1. The van der Waals surface area contributed by atoms with Gasteiger partial charge in [-0.05, 0) is 62.3 Å². The summed E-state index contributed by atoms with van der Waals surface area (Å²) >= 11 is 0. The van der Waals surface area contributed by atoms with Gasteiger partial charge in [-0.1, -0.05) is 49.7 Å². The van der Waals surface area contributed by atoms with Crippen LogP contribution in [0, 0.1) is 26.7 Å². The number of carbonyl (C=O) groups excluding carboxylic acids is 1. The number of hydrogen-bond donors (Lipinski definition) is 1. The molecule has 3 rings (SSSR count). The number of piperidine rings is 1. The van der Waals surface area contributed by atoms with E-state index in [1.165, 1.54) is 4.31 Å². The van der Waals surface area contributed by atoms with Gasteiger partial charge in [-0.3, -0.25) is 4.79 Å². The molecule has 162 valence electrons. The van der Waals surface area contributed by atoms with Crippen molar-refractivity contribution in [3.63, 3.8) is 0 Å². The Morgan fingerprint density at radius 3 is 2.30 bits per heavy atom. The fourth-order valence-electron chi connectivity index (χ4n) is 4.15. The molecule has 1 fully saturated rings. The first kappa shape index (κ1) is 22.5. The number of hydrogen-bond acceptors (Lipinski definition) is 3. The lowest BCUT2D eigenvalue weighted by molar-refractivity contribution is -0.120. The van der Waals surface area contributed by atoms with Gasteiger partial charge in [0.2, 0.25) is 15.9 Å². The molecule has 2 aromatic rings. The van der Waals surface area contributed by atoms with Gasteiger partial charge in [-0.15, -0.1) is 0 Å². The predicted octanol–water partition coefficient (Wildman–Crippen LogP) is 4.77. The average Bonchev–Trinajstić information content (AvgIpc) is 2.69. The summed E-state index contributed by atoms with van der Waals surface area (Å²) in [6.45, 7) is 10.7. The number of amides is 1. The summed E-state index contributed by atoms with van der Waals surface area (Å²) in [7, 11) is -3.54. The zero-order valence-corrected chi connectivity index (χ0v) is 19.3. The first-order valence-corrected chi connectivity index (χ1v) is 12.0. The quantitative estimate of drug-likeness (QED) is 0.746. The lowest BCUT2D eigenvalue weighted by atomic mass is 9.95. The lowest BCUT2D eigenvalue weighted by Crippen LogP contribution is -2.41. The summed E-state index contributed by atoms with van der Waals surface area (Å²) in [5.74, 6) is 0.106. The van der Waals surface area contributed by atoms with E-state index in [1.54, 1.807) is 6.07 Å². The van der Waals surface area contributed by atoms with Crippen LogP contribution in [0.4, 0.5) is 5.69 Å². The minimum Gasteiger partial charge on any atom is -0.325 e. The van der Waals surface area contributed by atoms with Crippen LogP contribution in [0.3, 0.4) is 0 Å². The molecule has 1 heterocycles. The van der Waals surface area contributed by atoms with Crippen molar-refractivity contribution in [2.75, 3.05) is 18.4 Å². The molecule has 1 saturated heterocycles. The molecule has 6 heteroatoms. The van der Waals surface area contributed by atoms with Crippen LogP contribution in [0.1, 0.15) is 54.9 Å². The highest BCUT2D eigenvalue weighted by Gasteiger charge is 2.33. The number of aryl methyl sites for hydroxylation is 3. The molecule has 0 spiro atoms. The zero-order valence-electron chi connectivity index (χ0n) is 18.5. The van der Waals surface area contributed by atoms with E-state index in [-0.39, 0.29) is 11.8 Å². The molecule has 0 unspecified atom stereocenters. The molecule has 1 N–H and O–H groups in total. The van der Waals surface area contributed by atoms with Crippen molar-refractivity contribution in [2.24, 2.45) is 5.92 Å². The Bertz CT molecular complexity index is 1040. The Hall–Kier alpha value is -2.18. The van der Waals surface area contributed by atoms with E-state index in [1.807, 2.05) is 51.1 Å². The molecule has 5 nitrogen and oxygen atoms in total. The number of nitrogens with one attached hydrogen (secondary N) is 1. The maximum atomic E-state index is 13.1. The summed E-state index contributed by atoms with van der Waals surface area (Å²) in [5, 5.41) is 3.12. The van der Waals surface area contributed by atoms with E-state index in [9.17, 15) is 13.2 Å². The summed E-state index contributed by atoms with van der Waals surface area (Å²) < 4.78 is 27.7. The number of benzene rings is 2. The standard InChI is InChI=1S/C24H32N2O3S/c1-16(2)21-8-6-7-18(4)23(21)25-24(27)20-11-13-26(14-12-20)30(28,29)22-10-9-17(3)15-19(22)5/h6-10,15-16,20H,11-14H2,1-5H3,(H,25,27).